The molecule has 1 N–H and O–H groups in total. The topological polar surface area (TPSA) is 68.0 Å². The number of hydrogen-bond acceptors (Lipinski definition) is 6. The molecule has 0 aliphatic rings. The van der Waals surface area contributed by atoms with E-state index < -0.39 is 0 Å². The molecule has 7 heteroatoms. The number of carbonyl (C=O) groups is 1. The summed E-state index contributed by atoms with van der Waals surface area (Å²) in [5.74, 6) is 2.23. The van der Waals surface area contributed by atoms with Gasteiger partial charge in [-0.3, -0.25) is 10.1 Å². The first-order chi connectivity index (χ1) is 11.8. The largest absolute Gasteiger partial charge is 0.402 e. The average Bonchev–Trinajstić information content (AvgIpc) is 3.27. The normalized spacial score (nSPS) is 10.7. The van der Waals surface area contributed by atoms with Crippen LogP contribution in [0, 0.1) is 0 Å². The summed E-state index contributed by atoms with van der Waals surface area (Å²) < 4.78 is 5.44. The van der Waals surface area contributed by atoms with Crippen LogP contribution in [0.1, 0.15) is 18.4 Å². The summed E-state index contributed by atoms with van der Waals surface area (Å²) in [5.41, 5.74) is 1.30. The summed E-state index contributed by atoms with van der Waals surface area (Å²) in [5, 5.41) is 12.4. The van der Waals surface area contributed by atoms with Gasteiger partial charge in [-0.2, -0.15) is 11.8 Å². The Hall–Kier alpha value is -2.12. The number of rotatable bonds is 8. The summed E-state index contributed by atoms with van der Waals surface area (Å²) in [4.78, 5) is 12.8. The van der Waals surface area contributed by atoms with Gasteiger partial charge in [0.05, 0.1) is 4.88 Å². The number of benzene rings is 1. The zero-order valence-electron chi connectivity index (χ0n) is 13.0. The summed E-state index contributed by atoms with van der Waals surface area (Å²) in [6.07, 6.45) is 1.26. The van der Waals surface area contributed by atoms with Gasteiger partial charge in [0, 0.05) is 12.2 Å². The summed E-state index contributed by atoms with van der Waals surface area (Å²) >= 11 is 3.34. The first-order valence-corrected chi connectivity index (χ1v) is 9.63. The lowest BCUT2D eigenvalue weighted by atomic mass is 10.2. The van der Waals surface area contributed by atoms with Crippen LogP contribution < -0.4 is 5.32 Å². The summed E-state index contributed by atoms with van der Waals surface area (Å²) in [6.45, 7) is 0. The molecule has 2 heterocycles. The lowest BCUT2D eigenvalue weighted by molar-refractivity contribution is -0.116. The van der Waals surface area contributed by atoms with Gasteiger partial charge >= 0.3 is 6.01 Å². The third-order valence-corrected chi connectivity index (χ3v) is 5.18. The predicted molar refractivity (Wildman–Crippen MR) is 98.1 cm³/mol. The monoisotopic (exact) mass is 359 g/mol. The number of nitrogens with one attached hydrogen (secondary N) is 1. The van der Waals surface area contributed by atoms with Crippen LogP contribution in [0.2, 0.25) is 0 Å². The minimum atomic E-state index is -0.100. The van der Waals surface area contributed by atoms with Crippen molar-refractivity contribution in [3.63, 3.8) is 0 Å². The van der Waals surface area contributed by atoms with Gasteiger partial charge in [0.25, 0.3) is 5.89 Å². The van der Waals surface area contributed by atoms with Crippen molar-refractivity contribution in [2.75, 3.05) is 11.1 Å². The van der Waals surface area contributed by atoms with E-state index in [0.29, 0.717) is 12.3 Å². The Bertz CT molecular complexity index is 757. The first-order valence-electron chi connectivity index (χ1n) is 7.60. The molecule has 5 nitrogen and oxygen atoms in total. The van der Waals surface area contributed by atoms with Crippen LogP contribution in [0.15, 0.2) is 52.3 Å². The molecule has 0 aliphatic heterocycles. The van der Waals surface area contributed by atoms with Crippen LogP contribution in [0.5, 0.6) is 0 Å². The number of amides is 1. The SMILES string of the molecule is O=C(CCCSCc1ccccc1)Nc1nnc(-c2cccs2)o1. The van der Waals surface area contributed by atoms with Crippen molar-refractivity contribution in [1.82, 2.24) is 10.2 Å². The molecule has 0 bridgehead atoms. The highest BCUT2D eigenvalue weighted by Gasteiger charge is 2.11. The molecule has 1 aromatic carbocycles. The fraction of sp³-hybridized carbons (Fsp3) is 0.235. The smallest absolute Gasteiger partial charge is 0.322 e. The van der Waals surface area contributed by atoms with E-state index >= 15 is 0 Å². The molecule has 0 unspecified atom stereocenters. The van der Waals surface area contributed by atoms with E-state index in [1.54, 1.807) is 0 Å². The minimum Gasteiger partial charge on any atom is -0.402 e. The van der Waals surface area contributed by atoms with E-state index in [0.717, 1.165) is 22.8 Å². The Morgan fingerprint density at radius 2 is 2.04 bits per heavy atom. The number of thioether (sulfide) groups is 1. The Kier molecular flexibility index (Phi) is 6.03. The number of carbonyl (C=O) groups excluding carboxylic acids is 1. The molecule has 0 spiro atoms. The molecule has 1 amide bonds. The van der Waals surface area contributed by atoms with Gasteiger partial charge in [0.15, 0.2) is 0 Å². The highest BCUT2D eigenvalue weighted by molar-refractivity contribution is 7.98. The Morgan fingerprint density at radius 1 is 1.17 bits per heavy atom. The Morgan fingerprint density at radius 3 is 2.83 bits per heavy atom. The number of hydrogen-bond donors (Lipinski definition) is 1. The Balaban J connectivity index is 1.35. The molecule has 0 atom stereocenters. The van der Waals surface area contributed by atoms with Gasteiger partial charge in [-0.25, -0.2) is 0 Å². The van der Waals surface area contributed by atoms with Crippen LogP contribution in [0.3, 0.4) is 0 Å². The van der Waals surface area contributed by atoms with Crippen LogP contribution in [0.4, 0.5) is 6.01 Å². The predicted octanol–water partition coefficient (Wildman–Crippen LogP) is 4.45. The van der Waals surface area contributed by atoms with Crippen LogP contribution in [-0.2, 0) is 10.5 Å². The lowest BCUT2D eigenvalue weighted by Gasteiger charge is -2.02. The van der Waals surface area contributed by atoms with E-state index in [4.69, 9.17) is 4.42 Å². The van der Waals surface area contributed by atoms with Crippen molar-refractivity contribution in [1.29, 1.82) is 0 Å². The second-order valence-corrected chi connectivity index (χ2v) is 7.13. The minimum absolute atomic E-state index is 0.100. The van der Waals surface area contributed by atoms with Crippen molar-refractivity contribution in [2.24, 2.45) is 0 Å². The maximum Gasteiger partial charge on any atom is 0.322 e. The number of thiophene rings is 1. The first kappa shape index (κ1) is 16.7. The summed E-state index contributed by atoms with van der Waals surface area (Å²) in [7, 11) is 0. The second kappa shape index (κ2) is 8.65. The maximum absolute atomic E-state index is 11.9. The van der Waals surface area contributed by atoms with Gasteiger partial charge in [-0.05, 0) is 29.2 Å². The lowest BCUT2D eigenvalue weighted by Crippen LogP contribution is -2.11. The van der Waals surface area contributed by atoms with E-state index in [-0.39, 0.29) is 11.9 Å². The molecule has 0 saturated carbocycles. The molecule has 0 aliphatic carbocycles. The van der Waals surface area contributed by atoms with Crippen molar-refractivity contribution in [3.8, 4) is 10.8 Å². The Labute approximate surface area is 148 Å². The average molecular weight is 359 g/mol. The van der Waals surface area contributed by atoms with Gasteiger partial charge in [0.2, 0.25) is 5.91 Å². The molecule has 124 valence electrons. The fourth-order valence-corrected chi connectivity index (χ4v) is 3.62. The standard InChI is InChI=1S/C17H17N3O2S2/c21-15(9-5-10-23-12-13-6-2-1-3-7-13)18-17-20-19-16(22-17)14-8-4-11-24-14/h1-4,6-8,11H,5,9-10,12H2,(H,18,20,21). The molecule has 3 rings (SSSR count). The molecule has 3 aromatic rings. The van der Waals surface area contributed by atoms with Crippen molar-refractivity contribution < 1.29 is 9.21 Å². The van der Waals surface area contributed by atoms with Crippen LogP contribution >= 0.6 is 23.1 Å². The van der Waals surface area contributed by atoms with E-state index in [1.807, 2.05) is 47.5 Å². The quantitative estimate of drug-likeness (QED) is 0.602. The maximum atomic E-state index is 11.9. The van der Waals surface area contributed by atoms with Crippen molar-refractivity contribution in [3.05, 3.63) is 53.4 Å². The molecular weight excluding hydrogens is 342 g/mol. The number of nitrogens with zero attached hydrogens (tertiary/aromatic N) is 2. The second-order valence-electron chi connectivity index (χ2n) is 5.08. The highest BCUT2D eigenvalue weighted by Crippen LogP contribution is 2.24. The molecule has 0 radical (unpaired) electrons. The highest BCUT2D eigenvalue weighted by atomic mass is 32.2. The zero-order valence-corrected chi connectivity index (χ0v) is 14.6. The number of anilines is 1. The fourth-order valence-electron chi connectivity index (χ4n) is 2.05. The van der Waals surface area contributed by atoms with Crippen molar-refractivity contribution in [2.45, 2.75) is 18.6 Å². The number of aromatic nitrogens is 2. The van der Waals surface area contributed by atoms with Crippen LogP contribution in [0.25, 0.3) is 10.8 Å². The van der Waals surface area contributed by atoms with Gasteiger partial charge in [-0.15, -0.1) is 16.4 Å². The van der Waals surface area contributed by atoms with Gasteiger partial charge in [0.1, 0.15) is 0 Å². The van der Waals surface area contributed by atoms with Gasteiger partial charge in [-0.1, -0.05) is 41.5 Å². The third-order valence-electron chi connectivity index (χ3n) is 3.21. The van der Waals surface area contributed by atoms with Crippen LogP contribution in [-0.4, -0.2) is 21.9 Å². The molecule has 0 fully saturated rings. The van der Waals surface area contributed by atoms with Gasteiger partial charge < -0.3 is 4.42 Å². The summed E-state index contributed by atoms with van der Waals surface area (Å²) in [6, 6.07) is 14.3. The molecule has 2 aromatic heterocycles. The van der Waals surface area contributed by atoms with Crippen molar-refractivity contribution >= 4 is 35.0 Å². The zero-order chi connectivity index (χ0) is 16.6. The van der Waals surface area contributed by atoms with E-state index in [2.05, 4.69) is 27.6 Å². The third kappa shape index (κ3) is 4.94. The van der Waals surface area contributed by atoms with E-state index in [1.165, 1.54) is 16.9 Å². The van der Waals surface area contributed by atoms with E-state index in [9.17, 15) is 4.79 Å². The molecule has 24 heavy (non-hydrogen) atoms. The molecular formula is C17H17N3O2S2. The molecule has 0 saturated heterocycles.